The van der Waals surface area contributed by atoms with Crippen LogP contribution in [0.2, 0.25) is 0 Å². The first-order valence-electron chi connectivity index (χ1n) is 2.71. The summed E-state index contributed by atoms with van der Waals surface area (Å²) in [7, 11) is 0. The molecule has 1 nitrogen and oxygen atoms in total. The van der Waals surface area contributed by atoms with E-state index in [1.54, 1.807) is 0 Å². The van der Waals surface area contributed by atoms with E-state index in [-0.39, 0.29) is 0 Å². The fraction of sp³-hybridized carbons (Fsp3) is 0.571. The zero-order valence-corrected chi connectivity index (χ0v) is 5.22. The van der Waals surface area contributed by atoms with Crippen LogP contribution in [0.1, 0.15) is 19.8 Å². The summed E-state index contributed by atoms with van der Waals surface area (Å²) in [5.41, 5.74) is 1.43. The molecule has 44 valence electrons. The second-order valence-electron chi connectivity index (χ2n) is 2.26. The Balaban J connectivity index is 0.000000222. The number of hydrogen-bond donors (Lipinski definition) is 0. The summed E-state index contributed by atoms with van der Waals surface area (Å²) in [6.45, 7) is 9.57. The Hall–Kier alpha value is -0.770. The van der Waals surface area contributed by atoms with Crippen LogP contribution in [0.5, 0.6) is 0 Å². The number of nitrogens with zero attached hydrogens (tertiary/aromatic N) is 1. The fourth-order valence-electron chi connectivity index (χ4n) is 0.926. The van der Waals surface area contributed by atoms with Gasteiger partial charge in [-0.15, -0.1) is 0 Å². The molecule has 0 unspecified atom stereocenters. The first-order chi connectivity index (χ1) is 3.79. The summed E-state index contributed by atoms with van der Waals surface area (Å²) in [5, 5.41) is 6.50. The fourth-order valence-corrected chi connectivity index (χ4v) is 0.926. The normalized spacial score (nSPS) is 18.1. The molecule has 0 aliphatic heterocycles. The van der Waals surface area contributed by atoms with E-state index in [4.69, 9.17) is 5.26 Å². The van der Waals surface area contributed by atoms with Crippen LogP contribution in [-0.4, -0.2) is 0 Å². The summed E-state index contributed by atoms with van der Waals surface area (Å²) in [5.74, 6) is 0.942. The molecule has 0 atom stereocenters. The molecule has 0 heterocycles. The predicted molar refractivity (Wildman–Crippen MR) is 34.2 cm³/mol. The van der Waals surface area contributed by atoms with E-state index >= 15 is 0 Å². The lowest BCUT2D eigenvalue weighted by atomic mass is 9.83. The maximum Gasteiger partial charge on any atom is 0.0462 e. The van der Waals surface area contributed by atoms with Crippen LogP contribution in [0.4, 0.5) is 0 Å². The molecule has 8 heavy (non-hydrogen) atoms. The van der Waals surface area contributed by atoms with E-state index in [0.29, 0.717) is 0 Å². The molecule has 1 rings (SSSR count). The minimum Gasteiger partial charge on any atom is -0.202 e. The molecule has 0 aromatic rings. The average molecular weight is 109 g/mol. The van der Waals surface area contributed by atoms with Gasteiger partial charge >= 0.3 is 0 Å². The Kier molecular flexibility index (Phi) is 2.95. The Bertz CT molecular complexity index is 94.2. The number of hydrogen-bond acceptors (Lipinski definition) is 1. The highest BCUT2D eigenvalue weighted by atomic mass is 14.2. The van der Waals surface area contributed by atoms with Gasteiger partial charge in [-0.2, -0.15) is 0 Å². The van der Waals surface area contributed by atoms with Crippen molar-refractivity contribution in [1.29, 1.82) is 5.26 Å². The van der Waals surface area contributed by atoms with Crippen LogP contribution in [0.3, 0.4) is 0 Å². The van der Waals surface area contributed by atoms with E-state index in [1.807, 2.05) is 0 Å². The zero-order valence-electron chi connectivity index (χ0n) is 5.22. The van der Waals surface area contributed by atoms with Crippen molar-refractivity contribution in [3.63, 3.8) is 0 Å². The third-order valence-corrected chi connectivity index (χ3v) is 1.27. The largest absolute Gasteiger partial charge is 0.202 e. The van der Waals surface area contributed by atoms with Crippen molar-refractivity contribution < 1.29 is 0 Å². The van der Waals surface area contributed by atoms with Gasteiger partial charge in [0.1, 0.15) is 0 Å². The van der Waals surface area contributed by atoms with Crippen molar-refractivity contribution in [3.8, 4) is 6.57 Å². The molecule has 1 heteroatoms. The van der Waals surface area contributed by atoms with Crippen LogP contribution in [0.25, 0.3) is 0 Å². The van der Waals surface area contributed by atoms with Gasteiger partial charge in [0.15, 0.2) is 0 Å². The molecule has 0 radical (unpaired) electrons. The number of allylic oxidation sites excluding steroid dienone is 1. The predicted octanol–water partition coefficient (Wildman–Crippen LogP) is 2.11. The lowest BCUT2D eigenvalue weighted by Crippen LogP contribution is -2.08. The Morgan fingerprint density at radius 1 is 1.62 bits per heavy atom. The first-order valence-corrected chi connectivity index (χ1v) is 2.71. The second kappa shape index (κ2) is 3.26. The van der Waals surface area contributed by atoms with Crippen molar-refractivity contribution in [2.75, 3.05) is 0 Å². The van der Waals surface area contributed by atoms with E-state index in [1.165, 1.54) is 18.4 Å². The molecule has 0 spiro atoms. The molecule has 0 bridgehead atoms. The zero-order chi connectivity index (χ0) is 6.57. The van der Waals surface area contributed by atoms with E-state index in [9.17, 15) is 0 Å². The van der Waals surface area contributed by atoms with Gasteiger partial charge in [0.05, 0.1) is 0 Å². The number of nitriles is 1. The Morgan fingerprint density at radius 3 is 2.00 bits per heavy atom. The van der Waals surface area contributed by atoms with Crippen molar-refractivity contribution in [3.05, 3.63) is 12.2 Å². The van der Waals surface area contributed by atoms with Gasteiger partial charge in [-0.1, -0.05) is 19.1 Å². The lowest BCUT2D eigenvalue weighted by Gasteiger charge is -2.23. The molecule has 1 aliphatic carbocycles. The Labute approximate surface area is 50.6 Å². The molecule has 0 N–H and O–H groups in total. The Morgan fingerprint density at radius 2 is 2.00 bits per heavy atom. The van der Waals surface area contributed by atoms with Crippen molar-refractivity contribution in [2.24, 2.45) is 5.92 Å². The SMILES string of the molecule is C#N.C=C1CC(C)C1. The van der Waals surface area contributed by atoms with E-state index in [0.717, 1.165) is 5.92 Å². The van der Waals surface area contributed by atoms with Crippen LogP contribution in [-0.2, 0) is 0 Å². The highest BCUT2D eigenvalue weighted by Crippen LogP contribution is 2.29. The third-order valence-electron chi connectivity index (χ3n) is 1.27. The van der Waals surface area contributed by atoms with Gasteiger partial charge in [0, 0.05) is 6.57 Å². The topological polar surface area (TPSA) is 23.8 Å². The monoisotopic (exact) mass is 109 g/mol. The molecule has 1 saturated carbocycles. The molecule has 1 fully saturated rings. The smallest absolute Gasteiger partial charge is 0.0462 e. The van der Waals surface area contributed by atoms with Gasteiger partial charge in [-0.3, -0.25) is 0 Å². The average Bonchev–Trinajstić information content (AvgIpc) is 1.70. The minimum atomic E-state index is 0.942. The van der Waals surface area contributed by atoms with Crippen molar-refractivity contribution >= 4 is 0 Å². The van der Waals surface area contributed by atoms with Crippen LogP contribution < -0.4 is 0 Å². The third kappa shape index (κ3) is 1.79. The summed E-state index contributed by atoms with van der Waals surface area (Å²) in [6.07, 6.45) is 2.56. The minimum absolute atomic E-state index is 0.942. The maximum atomic E-state index is 6.50. The summed E-state index contributed by atoms with van der Waals surface area (Å²) >= 11 is 0. The summed E-state index contributed by atoms with van der Waals surface area (Å²) in [4.78, 5) is 0. The van der Waals surface area contributed by atoms with Crippen molar-refractivity contribution in [2.45, 2.75) is 19.8 Å². The van der Waals surface area contributed by atoms with Gasteiger partial charge in [0.2, 0.25) is 0 Å². The van der Waals surface area contributed by atoms with Crippen LogP contribution in [0, 0.1) is 17.8 Å². The molecule has 0 aromatic heterocycles. The molecule has 0 amide bonds. The summed E-state index contributed by atoms with van der Waals surface area (Å²) in [6, 6.07) is 0. The van der Waals surface area contributed by atoms with E-state index < -0.39 is 0 Å². The van der Waals surface area contributed by atoms with Gasteiger partial charge in [0.25, 0.3) is 0 Å². The molecular formula is C7H11N. The number of rotatable bonds is 0. The maximum absolute atomic E-state index is 6.50. The standard InChI is InChI=1S/C6H10.CHN/c1-5-3-6(2)4-5;1-2/h6H,1,3-4H2,2H3;1H. The molecule has 0 aromatic carbocycles. The second-order valence-corrected chi connectivity index (χ2v) is 2.26. The highest BCUT2D eigenvalue weighted by Gasteiger charge is 2.14. The van der Waals surface area contributed by atoms with Crippen molar-refractivity contribution in [1.82, 2.24) is 0 Å². The van der Waals surface area contributed by atoms with Gasteiger partial charge in [-0.05, 0) is 18.8 Å². The quantitative estimate of drug-likeness (QED) is 0.437. The van der Waals surface area contributed by atoms with Gasteiger partial charge < -0.3 is 0 Å². The van der Waals surface area contributed by atoms with Crippen LogP contribution >= 0.6 is 0 Å². The summed E-state index contributed by atoms with van der Waals surface area (Å²) < 4.78 is 0. The first kappa shape index (κ1) is 7.23. The van der Waals surface area contributed by atoms with E-state index in [2.05, 4.69) is 20.1 Å². The molecule has 1 aliphatic rings. The lowest BCUT2D eigenvalue weighted by molar-refractivity contribution is 0.462. The highest BCUT2D eigenvalue weighted by molar-refractivity contribution is 5.05. The molecule has 0 saturated heterocycles. The molecular weight excluding hydrogens is 98.1 g/mol. The van der Waals surface area contributed by atoms with Crippen LogP contribution in [0.15, 0.2) is 12.2 Å². The van der Waals surface area contributed by atoms with Gasteiger partial charge in [-0.25, -0.2) is 5.26 Å².